The number of ether oxygens (including phenoxy) is 2. The van der Waals surface area contributed by atoms with Gasteiger partial charge in [-0.05, 0) is 37.8 Å². The second kappa shape index (κ2) is 9.71. The van der Waals surface area contributed by atoms with Crippen LogP contribution in [0.4, 0.5) is 18.0 Å². The van der Waals surface area contributed by atoms with Crippen LogP contribution in [0.2, 0.25) is 0 Å². The molecule has 0 aliphatic carbocycles. The van der Waals surface area contributed by atoms with Gasteiger partial charge in [0.15, 0.2) is 0 Å². The van der Waals surface area contributed by atoms with Crippen LogP contribution < -0.4 is 4.74 Å². The van der Waals surface area contributed by atoms with E-state index in [-0.39, 0.29) is 17.7 Å². The van der Waals surface area contributed by atoms with E-state index in [9.17, 15) is 18.0 Å². The topological polar surface area (TPSA) is 92.2 Å². The third-order valence-corrected chi connectivity index (χ3v) is 5.54. The van der Waals surface area contributed by atoms with Crippen LogP contribution in [0.1, 0.15) is 32.1 Å². The number of carbonyl (C=O) groups is 2. The standard InChI is InChI=1S/C18H25N3O3.C2HF3O2/c22-17(20-8-1-2-9-20)21-10-4-6-18(14-21)11-16(13-23-18)24-15-5-3-7-19-12-15;3-2(4,5)1(6)7/h3,5,7,12,16H,1-2,4,6,8-11,13-14H2;(H,6,7)/t16-,18+;/m1./s1. The molecule has 0 saturated carbocycles. The molecular weight excluding hydrogens is 419 g/mol. The van der Waals surface area contributed by atoms with Crippen LogP contribution >= 0.6 is 0 Å². The number of hydrogen-bond donors (Lipinski definition) is 1. The molecule has 0 aromatic carbocycles. The van der Waals surface area contributed by atoms with E-state index in [0.717, 1.165) is 57.5 Å². The van der Waals surface area contributed by atoms with Gasteiger partial charge in [-0.25, -0.2) is 9.59 Å². The van der Waals surface area contributed by atoms with E-state index >= 15 is 0 Å². The Morgan fingerprint density at radius 3 is 2.48 bits per heavy atom. The summed E-state index contributed by atoms with van der Waals surface area (Å²) in [6.07, 6.45) is 3.52. The molecule has 3 aliphatic heterocycles. The van der Waals surface area contributed by atoms with E-state index in [1.165, 1.54) is 0 Å². The number of piperidine rings is 1. The molecule has 8 nitrogen and oxygen atoms in total. The smallest absolute Gasteiger partial charge is 0.486 e. The fourth-order valence-electron chi connectivity index (χ4n) is 4.14. The Bertz CT molecular complexity index is 758. The van der Waals surface area contributed by atoms with Crippen molar-refractivity contribution in [1.29, 1.82) is 0 Å². The average molecular weight is 445 g/mol. The maximum atomic E-state index is 12.7. The molecule has 31 heavy (non-hydrogen) atoms. The number of rotatable bonds is 2. The van der Waals surface area contributed by atoms with Gasteiger partial charge in [0.25, 0.3) is 0 Å². The summed E-state index contributed by atoms with van der Waals surface area (Å²) in [6.45, 7) is 3.91. The number of aromatic nitrogens is 1. The van der Waals surface area contributed by atoms with Crippen molar-refractivity contribution in [3.63, 3.8) is 0 Å². The molecule has 3 aliphatic rings. The number of carboxylic acids is 1. The van der Waals surface area contributed by atoms with Gasteiger partial charge in [0.2, 0.25) is 0 Å². The number of alkyl halides is 3. The number of amides is 2. The minimum Gasteiger partial charge on any atom is -0.486 e. The maximum Gasteiger partial charge on any atom is 0.490 e. The molecule has 1 aromatic rings. The fourth-order valence-corrected chi connectivity index (χ4v) is 4.14. The first-order chi connectivity index (χ1) is 14.7. The van der Waals surface area contributed by atoms with Crippen molar-refractivity contribution >= 4 is 12.0 Å². The predicted octanol–water partition coefficient (Wildman–Crippen LogP) is 2.93. The summed E-state index contributed by atoms with van der Waals surface area (Å²) in [6, 6.07) is 3.98. The SMILES string of the molecule is O=C(N1CCCC1)N1CCC[C@]2(C[C@@H](Oc3cccnc3)CO2)C1.O=C(O)C(F)(F)F. The number of halogens is 3. The quantitative estimate of drug-likeness (QED) is 0.753. The number of carbonyl (C=O) groups excluding carboxylic acids is 1. The Kier molecular flexibility index (Phi) is 7.24. The summed E-state index contributed by atoms with van der Waals surface area (Å²) in [7, 11) is 0. The molecule has 3 fully saturated rings. The summed E-state index contributed by atoms with van der Waals surface area (Å²) >= 11 is 0. The zero-order chi connectivity index (χ0) is 22.5. The third-order valence-electron chi connectivity index (χ3n) is 5.54. The fraction of sp³-hybridized carbons (Fsp3) is 0.650. The summed E-state index contributed by atoms with van der Waals surface area (Å²) in [5, 5.41) is 7.12. The van der Waals surface area contributed by atoms with Gasteiger partial charge in [0.1, 0.15) is 11.9 Å². The summed E-state index contributed by atoms with van der Waals surface area (Å²) in [4.78, 5) is 29.6. The zero-order valence-corrected chi connectivity index (χ0v) is 17.0. The van der Waals surface area contributed by atoms with Crippen LogP contribution in [0, 0.1) is 0 Å². The minimum atomic E-state index is -5.08. The van der Waals surface area contributed by atoms with Crippen molar-refractivity contribution in [3.05, 3.63) is 24.5 Å². The second-order valence-corrected chi connectivity index (χ2v) is 7.93. The van der Waals surface area contributed by atoms with Crippen LogP contribution in [0.25, 0.3) is 0 Å². The lowest BCUT2D eigenvalue weighted by Crippen LogP contribution is -2.53. The molecule has 2 amide bonds. The van der Waals surface area contributed by atoms with Gasteiger partial charge in [-0.15, -0.1) is 0 Å². The van der Waals surface area contributed by atoms with E-state index in [0.29, 0.717) is 13.2 Å². The zero-order valence-electron chi connectivity index (χ0n) is 17.0. The Hall–Kier alpha value is -2.56. The highest BCUT2D eigenvalue weighted by Crippen LogP contribution is 2.36. The first-order valence-electron chi connectivity index (χ1n) is 10.2. The first-order valence-corrected chi connectivity index (χ1v) is 10.2. The maximum absolute atomic E-state index is 12.7. The van der Waals surface area contributed by atoms with Gasteiger partial charge < -0.3 is 24.4 Å². The molecule has 172 valence electrons. The van der Waals surface area contributed by atoms with E-state index < -0.39 is 12.1 Å². The molecule has 0 radical (unpaired) electrons. The minimum absolute atomic E-state index is 0.0380. The van der Waals surface area contributed by atoms with Crippen LogP contribution in [-0.4, -0.2) is 82.6 Å². The molecular formula is C20H26F3N3O5. The van der Waals surface area contributed by atoms with Crippen LogP contribution in [-0.2, 0) is 9.53 Å². The molecule has 0 bridgehead atoms. The monoisotopic (exact) mass is 445 g/mol. The van der Waals surface area contributed by atoms with Gasteiger partial charge in [0.05, 0.1) is 24.9 Å². The Balaban J connectivity index is 0.000000339. The molecule has 3 saturated heterocycles. The number of likely N-dealkylation sites (tertiary alicyclic amines) is 2. The lowest BCUT2D eigenvalue weighted by atomic mass is 9.89. The molecule has 4 rings (SSSR count). The third kappa shape index (κ3) is 6.22. The highest BCUT2D eigenvalue weighted by atomic mass is 19.4. The van der Waals surface area contributed by atoms with E-state index in [1.807, 2.05) is 21.9 Å². The van der Waals surface area contributed by atoms with Crippen LogP contribution in [0.3, 0.4) is 0 Å². The van der Waals surface area contributed by atoms with Gasteiger partial charge in [-0.1, -0.05) is 0 Å². The van der Waals surface area contributed by atoms with Crippen molar-refractivity contribution in [3.8, 4) is 5.75 Å². The summed E-state index contributed by atoms with van der Waals surface area (Å²) < 4.78 is 43.9. The predicted molar refractivity (Wildman–Crippen MR) is 103 cm³/mol. The number of pyridine rings is 1. The normalized spacial score (nSPS) is 25.8. The van der Waals surface area contributed by atoms with Crippen molar-refractivity contribution in [2.45, 2.75) is 50.0 Å². The molecule has 1 N–H and O–H groups in total. The van der Waals surface area contributed by atoms with Gasteiger partial charge in [-0.2, -0.15) is 13.2 Å². The van der Waals surface area contributed by atoms with E-state index in [1.54, 1.807) is 12.4 Å². The largest absolute Gasteiger partial charge is 0.490 e. The molecule has 0 unspecified atom stereocenters. The van der Waals surface area contributed by atoms with Crippen molar-refractivity contribution in [2.75, 3.05) is 32.8 Å². The Morgan fingerprint density at radius 2 is 1.87 bits per heavy atom. The Labute approximate surface area is 177 Å². The van der Waals surface area contributed by atoms with E-state index in [4.69, 9.17) is 19.4 Å². The molecule has 4 heterocycles. The molecule has 1 aromatic heterocycles. The van der Waals surface area contributed by atoms with Crippen molar-refractivity contribution in [1.82, 2.24) is 14.8 Å². The average Bonchev–Trinajstić information content (AvgIpc) is 3.39. The number of hydrogen-bond acceptors (Lipinski definition) is 5. The number of aliphatic carboxylic acids is 1. The van der Waals surface area contributed by atoms with Crippen molar-refractivity contribution in [2.24, 2.45) is 0 Å². The second-order valence-electron chi connectivity index (χ2n) is 7.93. The molecule has 2 atom stereocenters. The lowest BCUT2D eigenvalue weighted by molar-refractivity contribution is -0.192. The van der Waals surface area contributed by atoms with Gasteiger partial charge >= 0.3 is 18.2 Å². The first kappa shape index (κ1) is 23.1. The number of urea groups is 1. The van der Waals surface area contributed by atoms with Crippen LogP contribution in [0.15, 0.2) is 24.5 Å². The van der Waals surface area contributed by atoms with Gasteiger partial charge in [-0.3, -0.25) is 4.98 Å². The highest BCUT2D eigenvalue weighted by Gasteiger charge is 2.46. The number of carboxylic acid groups (broad SMARTS) is 1. The molecule has 11 heteroatoms. The summed E-state index contributed by atoms with van der Waals surface area (Å²) in [5.41, 5.74) is -0.236. The van der Waals surface area contributed by atoms with E-state index in [2.05, 4.69) is 4.98 Å². The number of nitrogens with zero attached hydrogens (tertiary/aromatic N) is 3. The van der Waals surface area contributed by atoms with Crippen molar-refractivity contribution < 1.29 is 37.3 Å². The summed E-state index contributed by atoms with van der Waals surface area (Å²) in [5.74, 6) is -1.98. The lowest BCUT2D eigenvalue weighted by Gasteiger charge is -2.40. The van der Waals surface area contributed by atoms with Gasteiger partial charge in [0, 0.05) is 32.3 Å². The highest BCUT2D eigenvalue weighted by molar-refractivity contribution is 5.75. The van der Waals surface area contributed by atoms with Crippen LogP contribution in [0.5, 0.6) is 5.75 Å². The Morgan fingerprint density at radius 1 is 1.19 bits per heavy atom. The molecule has 1 spiro atoms.